The molecule has 1 heterocycles. The van der Waals surface area contributed by atoms with Crippen LogP contribution in [0.15, 0.2) is 60.9 Å². The summed E-state index contributed by atoms with van der Waals surface area (Å²) >= 11 is 0. The maximum Gasteiger partial charge on any atom is 0.0365 e. The van der Waals surface area contributed by atoms with Crippen molar-refractivity contribution in [3.63, 3.8) is 0 Å². The number of pyridine rings is 1. The zero-order valence-electron chi connectivity index (χ0n) is 10.6. The molecule has 0 aliphatic rings. The molecule has 1 aromatic carbocycles. The highest BCUT2D eigenvalue weighted by molar-refractivity contribution is 5.45. The van der Waals surface area contributed by atoms with E-state index in [1.165, 1.54) is 5.69 Å². The van der Waals surface area contributed by atoms with Gasteiger partial charge in [-0.2, -0.15) is 0 Å². The van der Waals surface area contributed by atoms with Crippen LogP contribution in [0, 0.1) is 0 Å². The Hall–Kier alpha value is -1.83. The van der Waals surface area contributed by atoms with Gasteiger partial charge in [-0.1, -0.05) is 24.3 Å². The van der Waals surface area contributed by atoms with Crippen LogP contribution < -0.4 is 4.90 Å². The van der Waals surface area contributed by atoms with Gasteiger partial charge < -0.3 is 4.90 Å². The molecule has 0 N–H and O–H groups in total. The van der Waals surface area contributed by atoms with Crippen LogP contribution in [-0.4, -0.2) is 18.1 Å². The summed E-state index contributed by atoms with van der Waals surface area (Å²) in [5, 5.41) is 0. The van der Waals surface area contributed by atoms with Crippen LogP contribution in [0.1, 0.15) is 15.3 Å². The molecule has 17 heavy (non-hydrogen) atoms. The van der Waals surface area contributed by atoms with Gasteiger partial charge in [0.2, 0.25) is 0 Å². The summed E-state index contributed by atoms with van der Waals surface area (Å²) in [4.78, 5) is 6.12. The number of aromatic nitrogens is 1. The van der Waals surface area contributed by atoms with Gasteiger partial charge in [-0.05, 0) is 38.1 Å². The molecule has 0 saturated heterocycles. The van der Waals surface area contributed by atoms with E-state index >= 15 is 0 Å². The lowest BCUT2D eigenvalue weighted by atomic mass is 10.3. The van der Waals surface area contributed by atoms with Crippen molar-refractivity contribution in [3.8, 4) is 0 Å². The number of benzene rings is 1. The summed E-state index contributed by atoms with van der Waals surface area (Å²) in [5.74, 6) is 0. The van der Waals surface area contributed by atoms with Gasteiger partial charge in [-0.25, -0.2) is 0 Å². The lowest BCUT2D eigenvalue weighted by Crippen LogP contribution is -2.21. The van der Waals surface area contributed by atoms with Crippen LogP contribution in [0.3, 0.4) is 0 Å². The van der Waals surface area contributed by atoms with Crippen LogP contribution in [0.25, 0.3) is 0 Å². The normalized spacial score (nSPS) is 9.06. The molecule has 0 spiro atoms. The summed E-state index contributed by atoms with van der Waals surface area (Å²) in [6.45, 7) is 6.52. The third-order valence-corrected chi connectivity index (χ3v) is 2.45. The van der Waals surface area contributed by atoms with Crippen LogP contribution in [-0.2, 0) is 0 Å². The fraction of sp³-hybridized carbons (Fsp3) is 0.267. The van der Waals surface area contributed by atoms with Gasteiger partial charge >= 0.3 is 0 Å². The van der Waals surface area contributed by atoms with Gasteiger partial charge in [0.05, 0.1) is 0 Å². The van der Waals surface area contributed by atoms with Gasteiger partial charge in [0.1, 0.15) is 0 Å². The highest BCUT2D eigenvalue weighted by atomic mass is 15.1. The van der Waals surface area contributed by atoms with E-state index in [2.05, 4.69) is 48.0 Å². The van der Waals surface area contributed by atoms with Gasteiger partial charge in [-0.15, -0.1) is 0 Å². The number of anilines is 1. The van der Waals surface area contributed by atoms with Crippen LogP contribution in [0.5, 0.6) is 0 Å². The molecule has 0 aliphatic carbocycles. The Kier molecular flexibility index (Phi) is 6.49. The first-order valence-electron chi connectivity index (χ1n) is 6.03. The molecule has 0 amide bonds. The largest absolute Gasteiger partial charge is 0.372 e. The summed E-state index contributed by atoms with van der Waals surface area (Å²) in [7, 11) is 0. The van der Waals surface area contributed by atoms with E-state index in [1.807, 2.05) is 24.3 Å². The molecule has 1 aromatic heterocycles. The molecule has 2 rings (SSSR count). The number of para-hydroxylation sites is 1. The smallest absolute Gasteiger partial charge is 0.0365 e. The lowest BCUT2D eigenvalue weighted by molar-refractivity contribution is 0.866. The Bertz CT molecular complexity index is 348. The van der Waals surface area contributed by atoms with Crippen LogP contribution in [0.4, 0.5) is 5.69 Å². The SMILES string of the molecule is CCN(CC)c1ccccc1.[HH].c1ccncc1. The quantitative estimate of drug-likeness (QED) is 0.796. The second-order valence-corrected chi connectivity index (χ2v) is 3.53. The maximum absolute atomic E-state index is 3.78. The minimum absolute atomic E-state index is 0. The minimum atomic E-state index is 0. The van der Waals surface area contributed by atoms with Crippen molar-refractivity contribution in [1.82, 2.24) is 4.98 Å². The molecular formula is C15H22N2. The Morgan fingerprint density at radius 1 is 0.882 bits per heavy atom. The predicted octanol–water partition coefficient (Wildman–Crippen LogP) is 3.86. The second kappa shape index (κ2) is 8.34. The van der Waals surface area contributed by atoms with Crippen molar-refractivity contribution in [2.75, 3.05) is 18.0 Å². The first kappa shape index (κ1) is 13.2. The maximum atomic E-state index is 3.78. The third kappa shape index (κ3) is 5.16. The molecule has 92 valence electrons. The van der Waals surface area contributed by atoms with Crippen molar-refractivity contribution < 1.29 is 1.43 Å². The Labute approximate surface area is 105 Å². The molecule has 0 radical (unpaired) electrons. The number of hydrogen-bond acceptors (Lipinski definition) is 2. The van der Waals surface area contributed by atoms with Gasteiger partial charge in [-0.3, -0.25) is 4.98 Å². The van der Waals surface area contributed by atoms with E-state index < -0.39 is 0 Å². The zero-order chi connectivity index (χ0) is 12.3. The standard InChI is InChI=1S/C10H15N.C5H5N.H2/c1-3-11(4-2)10-8-6-5-7-9-10;1-2-4-6-5-3-1;/h5-9H,3-4H2,1-2H3;1-5H;1H. The van der Waals surface area contributed by atoms with Gasteiger partial charge in [0.25, 0.3) is 0 Å². The fourth-order valence-corrected chi connectivity index (χ4v) is 1.54. The molecule has 0 aliphatic heterocycles. The molecule has 2 heteroatoms. The summed E-state index contributed by atoms with van der Waals surface area (Å²) < 4.78 is 0. The first-order valence-corrected chi connectivity index (χ1v) is 6.03. The minimum Gasteiger partial charge on any atom is -0.372 e. The zero-order valence-corrected chi connectivity index (χ0v) is 10.6. The number of rotatable bonds is 3. The average Bonchev–Trinajstić information content (AvgIpc) is 2.44. The highest BCUT2D eigenvalue weighted by Gasteiger charge is 1.97. The monoisotopic (exact) mass is 230 g/mol. The highest BCUT2D eigenvalue weighted by Crippen LogP contribution is 2.11. The first-order chi connectivity index (χ1) is 8.38. The predicted molar refractivity (Wildman–Crippen MR) is 76.4 cm³/mol. The number of nitrogens with zero attached hydrogens (tertiary/aromatic N) is 2. The van der Waals surface area contributed by atoms with Crippen molar-refractivity contribution in [2.24, 2.45) is 0 Å². The van der Waals surface area contributed by atoms with Crippen molar-refractivity contribution in [3.05, 3.63) is 60.9 Å². The molecule has 0 bridgehead atoms. The van der Waals surface area contributed by atoms with E-state index in [4.69, 9.17) is 0 Å². The van der Waals surface area contributed by atoms with E-state index in [0.29, 0.717) is 0 Å². The Morgan fingerprint density at radius 3 is 1.76 bits per heavy atom. The molecule has 0 saturated carbocycles. The number of hydrogen-bond donors (Lipinski definition) is 0. The molecule has 0 atom stereocenters. The fourth-order valence-electron chi connectivity index (χ4n) is 1.54. The van der Waals surface area contributed by atoms with Crippen molar-refractivity contribution in [1.29, 1.82) is 0 Å². The third-order valence-electron chi connectivity index (χ3n) is 2.45. The van der Waals surface area contributed by atoms with E-state index in [1.54, 1.807) is 12.4 Å². The van der Waals surface area contributed by atoms with E-state index in [9.17, 15) is 0 Å². The van der Waals surface area contributed by atoms with Gasteiger partial charge in [0.15, 0.2) is 0 Å². The van der Waals surface area contributed by atoms with Crippen LogP contribution >= 0.6 is 0 Å². The molecule has 0 fully saturated rings. The van der Waals surface area contributed by atoms with Crippen molar-refractivity contribution in [2.45, 2.75) is 13.8 Å². The molecule has 0 unspecified atom stereocenters. The van der Waals surface area contributed by atoms with Crippen LogP contribution in [0.2, 0.25) is 0 Å². The summed E-state index contributed by atoms with van der Waals surface area (Å²) in [6, 6.07) is 16.2. The van der Waals surface area contributed by atoms with E-state index in [0.717, 1.165) is 13.1 Å². The van der Waals surface area contributed by atoms with E-state index in [-0.39, 0.29) is 1.43 Å². The average molecular weight is 230 g/mol. The van der Waals surface area contributed by atoms with Crippen molar-refractivity contribution >= 4 is 5.69 Å². The molecule has 2 nitrogen and oxygen atoms in total. The molecular weight excluding hydrogens is 208 g/mol. The van der Waals surface area contributed by atoms with Gasteiger partial charge in [0, 0.05) is 32.6 Å². The summed E-state index contributed by atoms with van der Waals surface area (Å²) in [6.07, 6.45) is 3.50. The summed E-state index contributed by atoms with van der Waals surface area (Å²) in [5.41, 5.74) is 1.32. The topological polar surface area (TPSA) is 16.1 Å². The second-order valence-electron chi connectivity index (χ2n) is 3.53. The molecule has 2 aromatic rings. The lowest BCUT2D eigenvalue weighted by Gasteiger charge is -2.20. The Balaban J connectivity index is 0.000000352. The Morgan fingerprint density at radius 2 is 1.41 bits per heavy atom.